The van der Waals surface area contributed by atoms with Gasteiger partial charge in [0.05, 0.1) is 11.9 Å². The lowest BCUT2D eigenvalue weighted by atomic mass is 10.0. The molecule has 0 radical (unpaired) electrons. The van der Waals surface area contributed by atoms with Crippen LogP contribution < -0.4 is 5.56 Å². The largest absolute Gasteiger partial charge is 0.358 e. The van der Waals surface area contributed by atoms with Gasteiger partial charge in [0.2, 0.25) is 0 Å². The summed E-state index contributed by atoms with van der Waals surface area (Å²) in [5, 5.41) is 7.35. The Morgan fingerprint density at radius 2 is 1.74 bits per heavy atom. The van der Waals surface area contributed by atoms with Crippen molar-refractivity contribution in [2.45, 2.75) is 19.5 Å². The molecule has 0 fully saturated rings. The minimum Gasteiger partial charge on any atom is -0.358 e. The van der Waals surface area contributed by atoms with E-state index in [4.69, 9.17) is 11.6 Å². The smallest absolute Gasteiger partial charge is 0.275 e. The quantitative estimate of drug-likeness (QED) is 0.414. The minimum atomic E-state index is -0.205. The Hall–Kier alpha value is -3.90. The Balaban J connectivity index is 1.42. The summed E-state index contributed by atoms with van der Waals surface area (Å²) in [6, 6.07) is 22.6. The van der Waals surface area contributed by atoms with Gasteiger partial charge in [0.15, 0.2) is 5.69 Å². The predicted octanol–water partition coefficient (Wildman–Crippen LogP) is 4.78. The van der Waals surface area contributed by atoms with Crippen LogP contribution in [0, 0.1) is 0 Å². The molecule has 0 aliphatic carbocycles. The van der Waals surface area contributed by atoms with Crippen LogP contribution in [0.5, 0.6) is 0 Å². The van der Waals surface area contributed by atoms with Crippen molar-refractivity contribution < 1.29 is 4.79 Å². The second-order valence-electron chi connectivity index (χ2n) is 8.59. The molecule has 6 nitrogen and oxygen atoms in total. The SMILES string of the molecule is O=C(c1nn(Cc2ccccc2)c(=O)c2ccccc12)N1CCc2[nH]c3ccc(Cl)cc3c2C1. The second-order valence-corrected chi connectivity index (χ2v) is 9.03. The zero-order chi connectivity index (χ0) is 23.2. The van der Waals surface area contributed by atoms with Gasteiger partial charge >= 0.3 is 0 Å². The van der Waals surface area contributed by atoms with Gasteiger partial charge in [0.25, 0.3) is 11.5 Å². The fourth-order valence-electron chi connectivity index (χ4n) is 4.77. The van der Waals surface area contributed by atoms with Gasteiger partial charge in [-0.1, -0.05) is 60.1 Å². The van der Waals surface area contributed by atoms with Gasteiger partial charge in [0.1, 0.15) is 0 Å². The molecular formula is C27H21ClN4O2. The van der Waals surface area contributed by atoms with Crippen LogP contribution in [0.3, 0.4) is 0 Å². The maximum Gasteiger partial charge on any atom is 0.275 e. The van der Waals surface area contributed by atoms with Gasteiger partial charge in [-0.05, 0) is 29.8 Å². The molecule has 6 rings (SSSR count). The summed E-state index contributed by atoms with van der Waals surface area (Å²) in [4.78, 5) is 32.2. The van der Waals surface area contributed by atoms with Crippen molar-refractivity contribution in [1.82, 2.24) is 19.7 Å². The number of benzene rings is 3. The fourth-order valence-corrected chi connectivity index (χ4v) is 4.94. The minimum absolute atomic E-state index is 0.181. The van der Waals surface area contributed by atoms with Crippen LogP contribution in [0.25, 0.3) is 21.7 Å². The highest BCUT2D eigenvalue weighted by Crippen LogP contribution is 2.30. The maximum absolute atomic E-state index is 13.8. The van der Waals surface area contributed by atoms with Gasteiger partial charge in [-0.2, -0.15) is 5.10 Å². The first-order valence-electron chi connectivity index (χ1n) is 11.2. The Labute approximate surface area is 200 Å². The molecule has 3 aromatic carbocycles. The second kappa shape index (κ2) is 8.15. The van der Waals surface area contributed by atoms with Crippen LogP contribution >= 0.6 is 11.6 Å². The lowest BCUT2D eigenvalue weighted by Gasteiger charge is -2.27. The topological polar surface area (TPSA) is 71.0 Å². The lowest BCUT2D eigenvalue weighted by Crippen LogP contribution is -2.38. The van der Waals surface area contributed by atoms with E-state index in [1.54, 1.807) is 12.1 Å². The summed E-state index contributed by atoms with van der Waals surface area (Å²) in [5.41, 5.74) is 4.27. The van der Waals surface area contributed by atoms with Crippen LogP contribution in [0.4, 0.5) is 0 Å². The van der Waals surface area contributed by atoms with Gasteiger partial charge in [0, 0.05) is 52.1 Å². The number of fused-ring (bicyclic) bond motifs is 4. The van der Waals surface area contributed by atoms with Gasteiger partial charge in [-0.25, -0.2) is 4.68 Å². The highest BCUT2D eigenvalue weighted by atomic mass is 35.5. The Morgan fingerprint density at radius 1 is 0.971 bits per heavy atom. The van der Waals surface area contributed by atoms with Crippen molar-refractivity contribution in [3.63, 3.8) is 0 Å². The Bertz CT molecular complexity index is 1620. The average Bonchev–Trinajstić information content (AvgIpc) is 3.23. The standard InChI is InChI=1S/C27H21ClN4O2/c28-18-10-11-23-21(14-18)22-16-31(13-12-24(22)29-23)27(34)25-19-8-4-5-9-20(19)26(33)32(30-25)15-17-6-2-1-3-7-17/h1-11,14,29H,12-13,15-16H2. The first-order chi connectivity index (χ1) is 16.6. The van der Waals surface area contributed by atoms with Gasteiger partial charge in [-0.3, -0.25) is 9.59 Å². The van der Waals surface area contributed by atoms with E-state index in [0.29, 0.717) is 41.1 Å². The average molecular weight is 469 g/mol. The molecule has 2 aromatic heterocycles. The molecule has 0 atom stereocenters. The number of H-pyrrole nitrogens is 1. The summed E-state index contributed by atoms with van der Waals surface area (Å²) in [5.74, 6) is -0.181. The predicted molar refractivity (Wildman–Crippen MR) is 133 cm³/mol. The van der Waals surface area contributed by atoms with E-state index in [0.717, 1.165) is 34.1 Å². The zero-order valence-electron chi connectivity index (χ0n) is 18.3. The van der Waals surface area contributed by atoms with Crippen molar-refractivity contribution >= 4 is 39.2 Å². The molecule has 1 aliphatic heterocycles. The number of aromatic nitrogens is 3. The summed E-state index contributed by atoms with van der Waals surface area (Å²) in [7, 11) is 0. The molecule has 7 heteroatoms. The number of hydrogen-bond acceptors (Lipinski definition) is 3. The molecule has 168 valence electrons. The molecule has 1 amide bonds. The van der Waals surface area contributed by atoms with E-state index >= 15 is 0 Å². The van der Waals surface area contributed by atoms with Gasteiger partial charge < -0.3 is 9.88 Å². The maximum atomic E-state index is 13.8. The number of carbonyl (C=O) groups excluding carboxylic acids is 1. The molecule has 0 saturated heterocycles. The number of nitrogens with one attached hydrogen (secondary N) is 1. The third kappa shape index (κ3) is 3.47. The summed E-state index contributed by atoms with van der Waals surface area (Å²) < 4.78 is 1.39. The van der Waals surface area contributed by atoms with E-state index in [1.807, 2.05) is 65.6 Å². The number of rotatable bonds is 3. The number of nitrogens with zero attached hydrogens (tertiary/aromatic N) is 3. The van der Waals surface area contributed by atoms with E-state index in [2.05, 4.69) is 10.1 Å². The molecule has 5 aromatic rings. The zero-order valence-corrected chi connectivity index (χ0v) is 19.0. The van der Waals surface area contributed by atoms with Crippen LogP contribution in [0.1, 0.15) is 27.3 Å². The molecule has 0 saturated carbocycles. The molecule has 0 bridgehead atoms. The van der Waals surface area contributed by atoms with Crippen molar-refractivity contribution in [2.24, 2.45) is 0 Å². The van der Waals surface area contributed by atoms with Crippen molar-refractivity contribution in [3.05, 3.63) is 111 Å². The highest BCUT2D eigenvalue weighted by molar-refractivity contribution is 6.31. The third-order valence-corrected chi connectivity index (χ3v) is 6.71. The van der Waals surface area contributed by atoms with Crippen molar-refractivity contribution in [2.75, 3.05) is 6.54 Å². The molecular weight excluding hydrogens is 448 g/mol. The number of aromatic amines is 1. The van der Waals surface area contributed by atoms with Crippen LogP contribution in [-0.4, -0.2) is 32.1 Å². The van der Waals surface area contributed by atoms with E-state index in [-0.39, 0.29) is 11.5 Å². The lowest BCUT2D eigenvalue weighted by molar-refractivity contribution is 0.0728. The molecule has 1 N–H and O–H groups in total. The molecule has 3 heterocycles. The highest BCUT2D eigenvalue weighted by Gasteiger charge is 2.27. The Morgan fingerprint density at radius 3 is 2.56 bits per heavy atom. The first-order valence-corrected chi connectivity index (χ1v) is 11.6. The number of carbonyl (C=O) groups is 1. The Kier molecular flexibility index (Phi) is 4.96. The molecule has 1 aliphatic rings. The summed E-state index contributed by atoms with van der Waals surface area (Å²) >= 11 is 6.24. The van der Waals surface area contributed by atoms with E-state index in [9.17, 15) is 9.59 Å². The van der Waals surface area contributed by atoms with Gasteiger partial charge in [-0.15, -0.1) is 0 Å². The first kappa shape index (κ1) is 20.7. The van der Waals surface area contributed by atoms with Crippen LogP contribution in [0.2, 0.25) is 5.02 Å². The number of amides is 1. The van der Waals surface area contributed by atoms with Crippen molar-refractivity contribution in [3.8, 4) is 0 Å². The summed E-state index contributed by atoms with van der Waals surface area (Å²) in [6.45, 7) is 1.33. The monoisotopic (exact) mass is 468 g/mol. The number of hydrogen-bond donors (Lipinski definition) is 1. The number of halogens is 1. The van der Waals surface area contributed by atoms with E-state index in [1.165, 1.54) is 4.68 Å². The molecule has 0 unspecified atom stereocenters. The summed E-state index contributed by atoms with van der Waals surface area (Å²) in [6.07, 6.45) is 0.717. The molecule has 34 heavy (non-hydrogen) atoms. The third-order valence-electron chi connectivity index (χ3n) is 6.47. The van der Waals surface area contributed by atoms with E-state index < -0.39 is 0 Å². The molecule has 0 spiro atoms. The normalized spacial score (nSPS) is 13.4. The van der Waals surface area contributed by atoms with Crippen LogP contribution in [0.15, 0.2) is 77.6 Å². The van der Waals surface area contributed by atoms with Crippen molar-refractivity contribution in [1.29, 1.82) is 0 Å². The van der Waals surface area contributed by atoms with Crippen LogP contribution in [-0.2, 0) is 19.5 Å². The fraction of sp³-hybridized carbons (Fsp3) is 0.148.